The van der Waals surface area contributed by atoms with Crippen molar-refractivity contribution >= 4 is 5.97 Å². The molecule has 17 heavy (non-hydrogen) atoms. The van der Waals surface area contributed by atoms with E-state index in [2.05, 4.69) is 36.1 Å². The largest absolute Gasteiger partial charge is 0.480 e. The Labute approximate surface area is 102 Å². The average Bonchev–Trinajstić information content (AvgIpc) is 2.78. The minimum absolute atomic E-state index is 0.291. The van der Waals surface area contributed by atoms with Crippen LogP contribution in [0.15, 0.2) is 24.3 Å². The van der Waals surface area contributed by atoms with Crippen molar-refractivity contribution in [1.82, 2.24) is 4.90 Å². The Balaban J connectivity index is 2.02. The van der Waals surface area contributed by atoms with Gasteiger partial charge < -0.3 is 5.11 Å². The minimum Gasteiger partial charge on any atom is -0.480 e. The minimum atomic E-state index is -0.687. The number of carboxylic acid groups (broad SMARTS) is 1. The molecule has 0 aromatic heterocycles. The van der Waals surface area contributed by atoms with Gasteiger partial charge in [-0.1, -0.05) is 31.2 Å². The molecule has 1 aliphatic heterocycles. The molecule has 0 bridgehead atoms. The first-order valence-electron chi connectivity index (χ1n) is 6.25. The summed E-state index contributed by atoms with van der Waals surface area (Å²) < 4.78 is 0. The summed E-state index contributed by atoms with van der Waals surface area (Å²) in [7, 11) is 0. The third kappa shape index (κ3) is 2.86. The van der Waals surface area contributed by atoms with E-state index in [0.29, 0.717) is 0 Å². The molecular weight excluding hydrogens is 214 g/mol. The van der Waals surface area contributed by atoms with E-state index < -0.39 is 5.97 Å². The van der Waals surface area contributed by atoms with Crippen LogP contribution in [-0.2, 0) is 17.8 Å². The number of benzene rings is 1. The number of nitrogens with zero attached hydrogens (tertiary/aromatic N) is 1. The van der Waals surface area contributed by atoms with E-state index in [-0.39, 0.29) is 6.04 Å². The zero-order valence-electron chi connectivity index (χ0n) is 10.2. The Morgan fingerprint density at radius 1 is 1.35 bits per heavy atom. The predicted molar refractivity (Wildman–Crippen MR) is 66.9 cm³/mol. The maximum Gasteiger partial charge on any atom is 0.320 e. The van der Waals surface area contributed by atoms with Crippen molar-refractivity contribution in [2.75, 3.05) is 6.54 Å². The van der Waals surface area contributed by atoms with Gasteiger partial charge in [0.05, 0.1) is 0 Å². The van der Waals surface area contributed by atoms with Gasteiger partial charge in [-0.25, -0.2) is 0 Å². The molecule has 3 heteroatoms. The summed E-state index contributed by atoms with van der Waals surface area (Å²) in [6.07, 6.45) is 2.81. The molecule has 1 aromatic rings. The molecule has 1 N–H and O–H groups in total. The fraction of sp³-hybridized carbons (Fsp3) is 0.500. The zero-order chi connectivity index (χ0) is 12.3. The highest BCUT2D eigenvalue weighted by Gasteiger charge is 2.30. The smallest absolute Gasteiger partial charge is 0.320 e. The highest BCUT2D eigenvalue weighted by Crippen LogP contribution is 2.20. The third-order valence-electron chi connectivity index (χ3n) is 3.47. The van der Waals surface area contributed by atoms with Crippen LogP contribution >= 0.6 is 0 Å². The Morgan fingerprint density at radius 2 is 2.00 bits per heavy atom. The Hall–Kier alpha value is -1.35. The Bertz CT molecular complexity index is 386. The molecule has 0 spiro atoms. The van der Waals surface area contributed by atoms with Gasteiger partial charge in [0.15, 0.2) is 0 Å². The van der Waals surface area contributed by atoms with Crippen LogP contribution in [0, 0.1) is 0 Å². The van der Waals surface area contributed by atoms with Crippen molar-refractivity contribution in [2.45, 2.75) is 38.8 Å². The van der Waals surface area contributed by atoms with Gasteiger partial charge in [0, 0.05) is 6.54 Å². The normalized spacial score (nSPS) is 20.6. The molecule has 0 radical (unpaired) electrons. The van der Waals surface area contributed by atoms with E-state index in [1.54, 1.807) is 0 Å². The van der Waals surface area contributed by atoms with E-state index in [9.17, 15) is 4.79 Å². The maximum atomic E-state index is 11.1. The van der Waals surface area contributed by atoms with Gasteiger partial charge >= 0.3 is 5.97 Å². The second-order valence-electron chi connectivity index (χ2n) is 4.64. The number of hydrogen-bond acceptors (Lipinski definition) is 2. The molecule has 1 atom stereocenters. The van der Waals surface area contributed by atoms with Crippen LogP contribution in [0.4, 0.5) is 0 Å². The molecule has 0 saturated carbocycles. The molecule has 1 heterocycles. The summed E-state index contributed by atoms with van der Waals surface area (Å²) >= 11 is 0. The Kier molecular flexibility index (Phi) is 3.79. The lowest BCUT2D eigenvalue weighted by molar-refractivity contribution is -0.142. The lowest BCUT2D eigenvalue weighted by Crippen LogP contribution is -2.35. The molecule has 92 valence electrons. The molecule has 2 rings (SSSR count). The van der Waals surface area contributed by atoms with E-state index in [1.165, 1.54) is 11.1 Å². The number of rotatable bonds is 4. The SMILES string of the molecule is CCc1ccc(CN2CCCC2C(=O)O)cc1. The standard InChI is InChI=1S/C14H19NO2/c1-2-11-5-7-12(8-6-11)10-15-9-3-4-13(15)14(16)17/h5-8,13H,2-4,9-10H2,1H3,(H,16,17). The molecule has 3 nitrogen and oxygen atoms in total. The summed E-state index contributed by atoms with van der Waals surface area (Å²) in [5.74, 6) is -0.687. The Morgan fingerprint density at radius 3 is 2.59 bits per heavy atom. The van der Waals surface area contributed by atoms with Gasteiger partial charge in [0.25, 0.3) is 0 Å². The molecular formula is C14H19NO2. The monoisotopic (exact) mass is 233 g/mol. The first kappa shape index (κ1) is 12.1. The van der Waals surface area contributed by atoms with Gasteiger partial charge in [-0.05, 0) is 36.9 Å². The second kappa shape index (κ2) is 5.32. The van der Waals surface area contributed by atoms with E-state index in [1.807, 2.05) is 0 Å². The van der Waals surface area contributed by atoms with Crippen molar-refractivity contribution in [1.29, 1.82) is 0 Å². The van der Waals surface area contributed by atoms with Crippen LogP contribution in [0.3, 0.4) is 0 Å². The highest BCUT2D eigenvalue weighted by molar-refractivity contribution is 5.73. The third-order valence-corrected chi connectivity index (χ3v) is 3.47. The highest BCUT2D eigenvalue weighted by atomic mass is 16.4. The number of likely N-dealkylation sites (tertiary alicyclic amines) is 1. The van der Waals surface area contributed by atoms with E-state index in [0.717, 1.165) is 32.4 Å². The first-order chi connectivity index (χ1) is 8.20. The topological polar surface area (TPSA) is 40.5 Å². The maximum absolute atomic E-state index is 11.1. The van der Waals surface area contributed by atoms with Gasteiger partial charge in [0.1, 0.15) is 6.04 Å². The molecule has 1 fully saturated rings. The van der Waals surface area contributed by atoms with Crippen LogP contribution in [0.5, 0.6) is 0 Å². The van der Waals surface area contributed by atoms with Crippen molar-refractivity contribution in [3.63, 3.8) is 0 Å². The first-order valence-corrected chi connectivity index (χ1v) is 6.25. The molecule has 0 aliphatic carbocycles. The number of carbonyl (C=O) groups is 1. The van der Waals surface area contributed by atoms with Gasteiger partial charge in [-0.2, -0.15) is 0 Å². The van der Waals surface area contributed by atoms with Crippen molar-refractivity contribution in [3.05, 3.63) is 35.4 Å². The fourth-order valence-corrected chi connectivity index (χ4v) is 2.41. The molecule has 1 saturated heterocycles. The van der Waals surface area contributed by atoms with Crippen LogP contribution in [0.2, 0.25) is 0 Å². The van der Waals surface area contributed by atoms with Crippen LogP contribution in [-0.4, -0.2) is 28.6 Å². The van der Waals surface area contributed by atoms with Crippen LogP contribution in [0.1, 0.15) is 30.9 Å². The number of hydrogen-bond donors (Lipinski definition) is 1. The summed E-state index contributed by atoms with van der Waals surface area (Å²) in [6, 6.07) is 8.18. The van der Waals surface area contributed by atoms with Gasteiger partial charge in [0.2, 0.25) is 0 Å². The second-order valence-corrected chi connectivity index (χ2v) is 4.64. The van der Waals surface area contributed by atoms with Crippen molar-refractivity contribution < 1.29 is 9.90 Å². The lowest BCUT2D eigenvalue weighted by atomic mass is 10.1. The predicted octanol–water partition coefficient (Wildman–Crippen LogP) is 2.30. The zero-order valence-corrected chi connectivity index (χ0v) is 10.2. The van der Waals surface area contributed by atoms with Crippen molar-refractivity contribution in [3.8, 4) is 0 Å². The van der Waals surface area contributed by atoms with Crippen LogP contribution in [0.25, 0.3) is 0 Å². The van der Waals surface area contributed by atoms with Gasteiger partial charge in [-0.15, -0.1) is 0 Å². The van der Waals surface area contributed by atoms with Crippen molar-refractivity contribution in [2.24, 2.45) is 0 Å². The molecule has 1 aliphatic rings. The molecule has 1 aromatic carbocycles. The fourth-order valence-electron chi connectivity index (χ4n) is 2.41. The summed E-state index contributed by atoms with van der Waals surface area (Å²) in [5.41, 5.74) is 2.53. The number of carboxylic acids is 1. The van der Waals surface area contributed by atoms with E-state index >= 15 is 0 Å². The summed E-state index contributed by atoms with van der Waals surface area (Å²) in [5, 5.41) is 9.10. The number of aryl methyl sites for hydroxylation is 1. The average molecular weight is 233 g/mol. The quantitative estimate of drug-likeness (QED) is 0.867. The summed E-state index contributed by atoms with van der Waals surface area (Å²) in [4.78, 5) is 13.1. The number of aliphatic carboxylic acids is 1. The van der Waals surface area contributed by atoms with Crippen LogP contribution < -0.4 is 0 Å². The summed E-state index contributed by atoms with van der Waals surface area (Å²) in [6.45, 7) is 3.78. The molecule has 0 amide bonds. The lowest BCUT2D eigenvalue weighted by Gasteiger charge is -2.21. The van der Waals surface area contributed by atoms with E-state index in [4.69, 9.17) is 5.11 Å². The molecule has 1 unspecified atom stereocenters. The van der Waals surface area contributed by atoms with Gasteiger partial charge in [-0.3, -0.25) is 9.69 Å².